The highest BCUT2D eigenvalue weighted by Gasteiger charge is 2.28. The number of hydrogen-bond donors (Lipinski definition) is 2. The molecule has 0 spiro atoms. The second kappa shape index (κ2) is 8.05. The number of rotatable bonds is 3. The van der Waals surface area contributed by atoms with Crippen molar-refractivity contribution in [1.82, 2.24) is 15.8 Å². The minimum Gasteiger partial charge on any atom is -0.311 e. The Bertz CT molecular complexity index is 926. The Kier molecular flexibility index (Phi) is 5.57. The summed E-state index contributed by atoms with van der Waals surface area (Å²) in [5.41, 5.74) is 6.93. The maximum Gasteiger partial charge on any atom is 0.269 e. The normalized spacial score (nSPS) is 15.0. The molecule has 0 aliphatic carbocycles. The van der Waals surface area contributed by atoms with Gasteiger partial charge in [0.15, 0.2) is 0 Å². The Morgan fingerprint density at radius 1 is 1.07 bits per heavy atom. The first-order valence-electron chi connectivity index (χ1n) is 8.36. The molecule has 0 saturated carbocycles. The molecule has 27 heavy (non-hydrogen) atoms. The molecular formula is C20H18ClN3O3. The Balaban J connectivity index is 1.68. The maximum atomic E-state index is 12.4. The number of fused-ring (bicyclic) bond motifs is 1. The Morgan fingerprint density at radius 3 is 2.59 bits per heavy atom. The van der Waals surface area contributed by atoms with Crippen molar-refractivity contribution in [2.75, 3.05) is 0 Å². The maximum absolute atomic E-state index is 12.4. The van der Waals surface area contributed by atoms with Crippen LogP contribution < -0.4 is 10.9 Å². The summed E-state index contributed by atoms with van der Waals surface area (Å²) >= 11 is 5.86. The summed E-state index contributed by atoms with van der Waals surface area (Å²) in [5.74, 6) is -1.05. The van der Waals surface area contributed by atoms with Gasteiger partial charge in [-0.05, 0) is 35.4 Å². The van der Waals surface area contributed by atoms with Crippen LogP contribution in [0, 0.1) is 0 Å². The molecule has 0 unspecified atom stereocenters. The van der Waals surface area contributed by atoms with Gasteiger partial charge in [-0.2, -0.15) is 0 Å². The fourth-order valence-corrected chi connectivity index (χ4v) is 3.16. The van der Waals surface area contributed by atoms with Crippen LogP contribution >= 0.6 is 11.6 Å². The van der Waals surface area contributed by atoms with E-state index in [1.807, 2.05) is 30.3 Å². The van der Waals surface area contributed by atoms with Crippen LogP contribution in [-0.4, -0.2) is 22.6 Å². The van der Waals surface area contributed by atoms with E-state index < -0.39 is 17.9 Å². The predicted octanol–water partition coefficient (Wildman–Crippen LogP) is 3.07. The topological polar surface area (TPSA) is 78.5 Å². The first-order chi connectivity index (χ1) is 13.0. The second-order valence-corrected chi connectivity index (χ2v) is 6.54. The quantitative estimate of drug-likeness (QED) is 0.799. The fourth-order valence-electron chi connectivity index (χ4n) is 2.97. The molecule has 3 amide bonds. The number of hydrazine groups is 1. The monoisotopic (exact) mass is 383 g/mol. The zero-order valence-corrected chi connectivity index (χ0v) is 15.4. The van der Waals surface area contributed by atoms with Crippen LogP contribution in [0.3, 0.4) is 0 Å². The average molecular weight is 384 g/mol. The van der Waals surface area contributed by atoms with Gasteiger partial charge in [0.25, 0.3) is 5.91 Å². The fraction of sp³-hybridized carbons (Fsp3) is 0.150. The van der Waals surface area contributed by atoms with Crippen LogP contribution in [0.2, 0.25) is 5.02 Å². The van der Waals surface area contributed by atoms with Crippen molar-refractivity contribution in [1.29, 1.82) is 0 Å². The third-order valence-electron chi connectivity index (χ3n) is 4.25. The number of amides is 3. The molecule has 6 nitrogen and oxygen atoms in total. The molecule has 1 heterocycles. The molecule has 1 aliphatic heterocycles. The molecule has 1 atom stereocenters. The van der Waals surface area contributed by atoms with E-state index in [4.69, 9.17) is 11.6 Å². The zero-order chi connectivity index (χ0) is 19.4. The van der Waals surface area contributed by atoms with Crippen LogP contribution in [0.1, 0.15) is 40.9 Å². The highest BCUT2D eigenvalue weighted by molar-refractivity contribution is 6.30. The van der Waals surface area contributed by atoms with Crippen molar-refractivity contribution in [2.24, 2.45) is 0 Å². The van der Waals surface area contributed by atoms with E-state index in [-0.39, 0.29) is 12.3 Å². The summed E-state index contributed by atoms with van der Waals surface area (Å²) in [5, 5.41) is 0.427. The van der Waals surface area contributed by atoms with Gasteiger partial charge in [0, 0.05) is 23.7 Å². The first kappa shape index (κ1) is 18.7. The van der Waals surface area contributed by atoms with E-state index in [1.165, 1.54) is 17.9 Å². The molecule has 0 radical (unpaired) electrons. The predicted molar refractivity (Wildman–Crippen MR) is 102 cm³/mol. The van der Waals surface area contributed by atoms with Gasteiger partial charge in [0.05, 0.1) is 12.5 Å². The second-order valence-electron chi connectivity index (χ2n) is 6.10. The average Bonchev–Trinajstić information content (AvgIpc) is 2.66. The van der Waals surface area contributed by atoms with Gasteiger partial charge in [-0.3, -0.25) is 25.2 Å². The third-order valence-corrected chi connectivity index (χ3v) is 4.49. The summed E-state index contributed by atoms with van der Waals surface area (Å²) < 4.78 is 0. The largest absolute Gasteiger partial charge is 0.311 e. The minimum absolute atomic E-state index is 0.0107. The van der Waals surface area contributed by atoms with Gasteiger partial charge in [-0.25, -0.2) is 0 Å². The highest BCUT2D eigenvalue weighted by Crippen LogP contribution is 2.32. The number of halogens is 1. The van der Waals surface area contributed by atoms with E-state index in [1.54, 1.807) is 24.4 Å². The molecule has 0 fully saturated rings. The molecule has 3 rings (SSSR count). The lowest BCUT2D eigenvalue weighted by molar-refractivity contribution is -0.130. The van der Waals surface area contributed by atoms with Crippen molar-refractivity contribution < 1.29 is 14.4 Å². The summed E-state index contributed by atoms with van der Waals surface area (Å²) in [6, 6.07) is 13.5. The highest BCUT2D eigenvalue weighted by atomic mass is 35.5. The van der Waals surface area contributed by atoms with Crippen LogP contribution in [-0.2, 0) is 9.59 Å². The Labute approximate surface area is 161 Å². The zero-order valence-electron chi connectivity index (χ0n) is 14.6. The molecule has 2 N–H and O–H groups in total. The van der Waals surface area contributed by atoms with Gasteiger partial charge >= 0.3 is 0 Å². The molecule has 138 valence electrons. The van der Waals surface area contributed by atoms with Crippen molar-refractivity contribution in [3.63, 3.8) is 0 Å². The van der Waals surface area contributed by atoms with E-state index in [9.17, 15) is 14.4 Å². The summed E-state index contributed by atoms with van der Waals surface area (Å²) in [6.07, 6.45) is 3.52. The van der Waals surface area contributed by atoms with Gasteiger partial charge < -0.3 is 4.90 Å². The van der Waals surface area contributed by atoms with Crippen molar-refractivity contribution in [3.05, 3.63) is 76.4 Å². The van der Waals surface area contributed by atoms with Crippen molar-refractivity contribution >= 4 is 35.4 Å². The summed E-state index contributed by atoms with van der Waals surface area (Å²) in [4.78, 5) is 37.9. The molecule has 2 aromatic rings. The van der Waals surface area contributed by atoms with Crippen LogP contribution in [0.25, 0.3) is 6.08 Å². The first-order valence-corrected chi connectivity index (χ1v) is 8.74. The van der Waals surface area contributed by atoms with Crippen LogP contribution in [0.15, 0.2) is 54.7 Å². The van der Waals surface area contributed by atoms with Crippen LogP contribution in [0.5, 0.6) is 0 Å². The Morgan fingerprint density at radius 2 is 1.85 bits per heavy atom. The molecule has 2 aromatic carbocycles. The smallest absolute Gasteiger partial charge is 0.269 e. The summed E-state index contributed by atoms with van der Waals surface area (Å²) in [7, 11) is 0. The van der Waals surface area contributed by atoms with Gasteiger partial charge in [0.1, 0.15) is 0 Å². The molecule has 1 aliphatic rings. The summed E-state index contributed by atoms with van der Waals surface area (Å²) in [6.45, 7) is 1.45. The van der Waals surface area contributed by atoms with E-state index in [2.05, 4.69) is 10.9 Å². The van der Waals surface area contributed by atoms with Gasteiger partial charge in [-0.15, -0.1) is 0 Å². The van der Waals surface area contributed by atoms with E-state index >= 15 is 0 Å². The number of nitrogens with zero attached hydrogens (tertiary/aromatic N) is 1. The lowest BCUT2D eigenvalue weighted by Crippen LogP contribution is -2.43. The SMILES string of the molecule is CC(=O)N1C=Cc2ccccc2[C@@H]1CC(=O)NNC(=O)c1cccc(Cl)c1. The number of hydrogen-bond acceptors (Lipinski definition) is 3. The Hall–Kier alpha value is -3.12. The minimum atomic E-state index is -0.474. The lowest BCUT2D eigenvalue weighted by atomic mass is 9.93. The lowest BCUT2D eigenvalue weighted by Gasteiger charge is -2.32. The van der Waals surface area contributed by atoms with Gasteiger partial charge in [0.2, 0.25) is 11.8 Å². The third kappa shape index (κ3) is 4.35. The number of benzene rings is 2. The molecular weight excluding hydrogens is 366 g/mol. The van der Waals surface area contributed by atoms with E-state index in [0.717, 1.165) is 11.1 Å². The standard InChI is InChI=1S/C20H18ClN3O3/c1-13(25)24-10-9-14-5-2-3-8-17(14)18(24)12-19(26)22-23-20(27)15-6-4-7-16(21)11-15/h2-11,18H,12H2,1H3,(H,22,26)(H,23,27)/t18-/m0/s1. The molecule has 0 bridgehead atoms. The van der Waals surface area contributed by atoms with E-state index in [0.29, 0.717) is 10.6 Å². The number of nitrogens with one attached hydrogen (secondary N) is 2. The molecule has 0 aromatic heterocycles. The molecule has 7 heteroatoms. The van der Waals surface area contributed by atoms with Crippen molar-refractivity contribution in [2.45, 2.75) is 19.4 Å². The molecule has 0 saturated heterocycles. The van der Waals surface area contributed by atoms with Gasteiger partial charge in [-0.1, -0.05) is 41.9 Å². The number of carbonyl (C=O) groups excluding carboxylic acids is 3. The van der Waals surface area contributed by atoms with Crippen LogP contribution in [0.4, 0.5) is 0 Å². The number of carbonyl (C=O) groups is 3. The van der Waals surface area contributed by atoms with Crippen molar-refractivity contribution in [3.8, 4) is 0 Å².